The van der Waals surface area contributed by atoms with Crippen LogP contribution in [-0.4, -0.2) is 0 Å². The minimum Gasteiger partial charge on any atom is -0.305 e. The van der Waals surface area contributed by atoms with Crippen molar-refractivity contribution in [3.05, 3.63) is 42.7 Å². The predicted octanol–water partition coefficient (Wildman–Crippen LogP) is 4.55. The zero-order chi connectivity index (χ0) is 11.8. The van der Waals surface area contributed by atoms with Gasteiger partial charge < -0.3 is 5.32 Å². The van der Waals surface area contributed by atoms with Crippen LogP contribution in [0.4, 0.5) is 0 Å². The largest absolute Gasteiger partial charge is 0.305 e. The highest BCUT2D eigenvalue weighted by molar-refractivity contribution is 7.16. The Bertz CT molecular complexity index is 529. The van der Waals surface area contributed by atoms with Crippen LogP contribution in [0.3, 0.4) is 0 Å². The molecule has 17 heavy (non-hydrogen) atoms. The molecule has 1 nitrogen and oxygen atoms in total. The third kappa shape index (κ3) is 2.29. The lowest BCUT2D eigenvalue weighted by Gasteiger charge is -2.12. The summed E-state index contributed by atoms with van der Waals surface area (Å²) in [6.45, 7) is 3.15. The molecule has 3 rings (SSSR count). The molecule has 0 radical (unpaired) electrons. The van der Waals surface area contributed by atoms with Crippen molar-refractivity contribution in [2.75, 3.05) is 0 Å². The molecule has 2 heterocycles. The number of aryl methyl sites for hydroxylation is 2. The first kappa shape index (κ1) is 11.7. The van der Waals surface area contributed by atoms with E-state index < -0.39 is 0 Å². The van der Waals surface area contributed by atoms with Crippen LogP contribution in [0.25, 0.3) is 0 Å². The van der Waals surface area contributed by atoms with E-state index in [1.165, 1.54) is 33.7 Å². The first-order valence-corrected chi connectivity index (χ1v) is 7.86. The van der Waals surface area contributed by atoms with Crippen molar-refractivity contribution in [2.45, 2.75) is 32.4 Å². The minimum absolute atomic E-state index is 0.496. The zero-order valence-corrected chi connectivity index (χ0v) is 12.0. The molecule has 90 valence electrons. The van der Waals surface area contributed by atoms with E-state index in [1.807, 2.05) is 11.3 Å². The van der Waals surface area contributed by atoms with E-state index >= 15 is 0 Å². The summed E-state index contributed by atoms with van der Waals surface area (Å²) >= 11 is 9.63. The molecule has 1 atom stereocenters. The van der Waals surface area contributed by atoms with E-state index in [2.05, 4.69) is 29.8 Å². The molecule has 0 fully saturated rings. The maximum Gasteiger partial charge on any atom is 0.0934 e. The summed E-state index contributed by atoms with van der Waals surface area (Å²) in [5.74, 6) is 0. The van der Waals surface area contributed by atoms with E-state index in [-0.39, 0.29) is 0 Å². The standard InChI is InChI=1S/C13H14ClNS2/c1-8-4-5-16-12(8)7-15-10-2-3-11-9(10)6-13(14)17-11/h4-6,10,15H,2-3,7H2,1H3. The van der Waals surface area contributed by atoms with Crippen LogP contribution in [0.5, 0.6) is 0 Å². The van der Waals surface area contributed by atoms with E-state index in [0.29, 0.717) is 6.04 Å². The van der Waals surface area contributed by atoms with Gasteiger partial charge in [0.25, 0.3) is 0 Å². The summed E-state index contributed by atoms with van der Waals surface area (Å²) in [5.41, 5.74) is 2.82. The van der Waals surface area contributed by atoms with Crippen LogP contribution < -0.4 is 5.32 Å². The van der Waals surface area contributed by atoms with Gasteiger partial charge in [-0.2, -0.15) is 0 Å². The fourth-order valence-corrected chi connectivity index (χ4v) is 4.56. The molecule has 0 aromatic carbocycles. The minimum atomic E-state index is 0.496. The lowest BCUT2D eigenvalue weighted by molar-refractivity contribution is 0.532. The Balaban J connectivity index is 1.69. The summed E-state index contributed by atoms with van der Waals surface area (Å²) in [5, 5.41) is 5.81. The van der Waals surface area contributed by atoms with Crippen molar-refractivity contribution in [1.29, 1.82) is 0 Å². The summed E-state index contributed by atoms with van der Waals surface area (Å²) in [7, 11) is 0. The Morgan fingerprint density at radius 1 is 1.53 bits per heavy atom. The van der Waals surface area contributed by atoms with Crippen molar-refractivity contribution in [3.63, 3.8) is 0 Å². The molecule has 2 aromatic heterocycles. The maximum atomic E-state index is 6.06. The van der Waals surface area contributed by atoms with Gasteiger partial charge in [0.2, 0.25) is 0 Å². The van der Waals surface area contributed by atoms with E-state index in [9.17, 15) is 0 Å². The number of nitrogens with one attached hydrogen (secondary N) is 1. The van der Waals surface area contributed by atoms with Crippen molar-refractivity contribution < 1.29 is 0 Å². The molecule has 0 bridgehead atoms. The van der Waals surface area contributed by atoms with Crippen molar-refractivity contribution in [3.8, 4) is 0 Å². The van der Waals surface area contributed by atoms with Gasteiger partial charge in [-0.25, -0.2) is 0 Å². The monoisotopic (exact) mass is 283 g/mol. The fourth-order valence-electron chi connectivity index (χ4n) is 2.34. The lowest BCUT2D eigenvalue weighted by Crippen LogP contribution is -2.18. The smallest absolute Gasteiger partial charge is 0.0934 e. The third-order valence-electron chi connectivity index (χ3n) is 3.32. The van der Waals surface area contributed by atoms with Gasteiger partial charge in [-0.3, -0.25) is 0 Å². The first-order valence-electron chi connectivity index (χ1n) is 5.78. The van der Waals surface area contributed by atoms with Crippen LogP contribution in [0.15, 0.2) is 17.5 Å². The molecular formula is C13H14ClNS2. The molecule has 4 heteroatoms. The zero-order valence-electron chi connectivity index (χ0n) is 9.63. The third-order valence-corrected chi connectivity index (χ3v) is 5.69. The Morgan fingerprint density at radius 3 is 3.18 bits per heavy atom. The summed E-state index contributed by atoms with van der Waals surface area (Å²) in [6.07, 6.45) is 2.39. The Labute approximate surface area is 114 Å². The Hall–Kier alpha value is -0.350. The number of rotatable bonds is 3. The highest BCUT2D eigenvalue weighted by Crippen LogP contribution is 2.39. The highest BCUT2D eigenvalue weighted by Gasteiger charge is 2.24. The SMILES string of the molecule is Cc1ccsc1CNC1CCc2sc(Cl)cc21. The van der Waals surface area contributed by atoms with Gasteiger partial charge in [0.05, 0.1) is 4.34 Å². The molecule has 1 aliphatic carbocycles. The topological polar surface area (TPSA) is 12.0 Å². The maximum absolute atomic E-state index is 6.06. The molecular weight excluding hydrogens is 270 g/mol. The fraction of sp³-hybridized carbons (Fsp3) is 0.385. The van der Waals surface area contributed by atoms with Crippen molar-refractivity contribution >= 4 is 34.3 Å². The number of hydrogen-bond donors (Lipinski definition) is 1. The summed E-state index contributed by atoms with van der Waals surface area (Å²) in [4.78, 5) is 2.91. The number of fused-ring (bicyclic) bond motifs is 1. The molecule has 1 N–H and O–H groups in total. The van der Waals surface area contributed by atoms with E-state index in [0.717, 1.165) is 10.9 Å². The van der Waals surface area contributed by atoms with Gasteiger partial charge >= 0.3 is 0 Å². The second-order valence-corrected chi connectivity index (χ2v) is 7.20. The van der Waals surface area contributed by atoms with Gasteiger partial charge in [-0.05, 0) is 48.4 Å². The molecule has 1 aliphatic rings. The Kier molecular flexibility index (Phi) is 3.26. The van der Waals surface area contributed by atoms with Gasteiger partial charge in [-0.1, -0.05) is 11.6 Å². The van der Waals surface area contributed by atoms with Gasteiger partial charge in [0.15, 0.2) is 0 Å². The molecule has 0 saturated heterocycles. The van der Waals surface area contributed by atoms with Crippen LogP contribution >= 0.6 is 34.3 Å². The van der Waals surface area contributed by atoms with Crippen LogP contribution in [-0.2, 0) is 13.0 Å². The molecule has 0 amide bonds. The molecule has 2 aromatic rings. The molecule has 0 saturated carbocycles. The summed E-state index contributed by atoms with van der Waals surface area (Å²) < 4.78 is 0.925. The van der Waals surface area contributed by atoms with Gasteiger partial charge in [0, 0.05) is 22.3 Å². The first-order chi connectivity index (χ1) is 8.24. The number of hydrogen-bond acceptors (Lipinski definition) is 3. The van der Waals surface area contributed by atoms with E-state index in [4.69, 9.17) is 11.6 Å². The molecule has 0 spiro atoms. The van der Waals surface area contributed by atoms with Gasteiger partial charge in [0.1, 0.15) is 0 Å². The predicted molar refractivity (Wildman–Crippen MR) is 76.3 cm³/mol. The second kappa shape index (κ2) is 4.73. The normalized spacial score (nSPS) is 18.6. The molecule has 0 aliphatic heterocycles. The van der Waals surface area contributed by atoms with Gasteiger partial charge in [-0.15, -0.1) is 22.7 Å². The lowest BCUT2D eigenvalue weighted by atomic mass is 10.1. The number of halogens is 1. The average Bonchev–Trinajstić information content (AvgIpc) is 2.93. The Morgan fingerprint density at radius 2 is 2.41 bits per heavy atom. The quantitative estimate of drug-likeness (QED) is 0.871. The van der Waals surface area contributed by atoms with Crippen LogP contribution in [0.2, 0.25) is 4.34 Å². The van der Waals surface area contributed by atoms with E-state index in [1.54, 1.807) is 11.3 Å². The average molecular weight is 284 g/mol. The highest BCUT2D eigenvalue weighted by atomic mass is 35.5. The van der Waals surface area contributed by atoms with Crippen LogP contribution in [0, 0.1) is 6.92 Å². The number of thiophene rings is 2. The van der Waals surface area contributed by atoms with Crippen molar-refractivity contribution in [1.82, 2.24) is 5.32 Å². The van der Waals surface area contributed by atoms with Crippen molar-refractivity contribution in [2.24, 2.45) is 0 Å². The summed E-state index contributed by atoms with van der Waals surface area (Å²) in [6, 6.07) is 4.81. The second-order valence-electron chi connectivity index (χ2n) is 4.43. The van der Waals surface area contributed by atoms with Crippen LogP contribution in [0.1, 0.15) is 33.3 Å². The molecule has 1 unspecified atom stereocenters.